The van der Waals surface area contributed by atoms with Crippen LogP contribution in [0.4, 0.5) is 0 Å². The maximum Gasteiger partial charge on any atom is 0.0261 e. The Hall–Kier alpha value is -0.760. The zero-order valence-electron chi connectivity index (χ0n) is 7.14. The minimum Gasteiger partial charge on any atom is -0.389 e. The predicted molar refractivity (Wildman–Crippen MR) is 48.4 cm³/mol. The summed E-state index contributed by atoms with van der Waals surface area (Å²) in [5.74, 6) is 0. The van der Waals surface area contributed by atoms with Crippen LogP contribution in [0.15, 0.2) is 24.4 Å². The third-order valence-electron chi connectivity index (χ3n) is 1.95. The van der Waals surface area contributed by atoms with Gasteiger partial charge in [-0.05, 0) is 25.6 Å². The van der Waals surface area contributed by atoms with E-state index in [9.17, 15) is 0 Å². The molecule has 0 aliphatic carbocycles. The van der Waals surface area contributed by atoms with E-state index in [1.165, 1.54) is 19.5 Å². The molecular weight excluding hydrogens is 136 g/mol. The molecule has 0 saturated carbocycles. The smallest absolute Gasteiger partial charge is 0.0261 e. The standard InChI is InChI=1S/C9H16N2/c1-9(10-2)5-3-6-11-7-4-8-11/h3,5,10H,1,4,6-8H2,2H3/b5-3+. The summed E-state index contributed by atoms with van der Waals surface area (Å²) >= 11 is 0. The number of allylic oxidation sites excluding steroid dienone is 1. The van der Waals surface area contributed by atoms with Crippen LogP contribution in [0.3, 0.4) is 0 Å². The lowest BCUT2D eigenvalue weighted by Gasteiger charge is -2.29. The summed E-state index contributed by atoms with van der Waals surface area (Å²) in [6.45, 7) is 7.39. The number of rotatable bonds is 4. The Labute approximate surface area is 68.6 Å². The largest absolute Gasteiger partial charge is 0.389 e. The normalized spacial score (nSPS) is 18.3. The van der Waals surface area contributed by atoms with Gasteiger partial charge < -0.3 is 5.32 Å². The van der Waals surface area contributed by atoms with Crippen LogP contribution in [0, 0.1) is 0 Å². The van der Waals surface area contributed by atoms with Gasteiger partial charge in [-0.25, -0.2) is 0 Å². The molecule has 0 radical (unpaired) electrons. The lowest BCUT2D eigenvalue weighted by molar-refractivity contribution is 0.203. The van der Waals surface area contributed by atoms with Crippen molar-refractivity contribution in [3.8, 4) is 0 Å². The van der Waals surface area contributed by atoms with E-state index in [2.05, 4.69) is 22.9 Å². The summed E-state index contributed by atoms with van der Waals surface area (Å²) in [5, 5.41) is 2.97. The van der Waals surface area contributed by atoms with Crippen LogP contribution in [0.25, 0.3) is 0 Å². The fourth-order valence-corrected chi connectivity index (χ4v) is 0.992. The fourth-order valence-electron chi connectivity index (χ4n) is 0.992. The second-order valence-corrected chi connectivity index (χ2v) is 2.83. The highest BCUT2D eigenvalue weighted by atomic mass is 15.2. The quantitative estimate of drug-likeness (QED) is 0.604. The van der Waals surface area contributed by atoms with Gasteiger partial charge in [0.2, 0.25) is 0 Å². The molecule has 1 rings (SSSR count). The topological polar surface area (TPSA) is 15.3 Å². The maximum absolute atomic E-state index is 3.80. The molecule has 0 unspecified atom stereocenters. The van der Waals surface area contributed by atoms with Crippen LogP contribution in [-0.4, -0.2) is 31.6 Å². The zero-order valence-corrected chi connectivity index (χ0v) is 7.14. The molecule has 1 saturated heterocycles. The van der Waals surface area contributed by atoms with Crippen molar-refractivity contribution in [2.24, 2.45) is 0 Å². The van der Waals surface area contributed by atoms with Crippen molar-refractivity contribution in [2.45, 2.75) is 6.42 Å². The van der Waals surface area contributed by atoms with Gasteiger partial charge in [0.15, 0.2) is 0 Å². The van der Waals surface area contributed by atoms with Crippen LogP contribution in [0.2, 0.25) is 0 Å². The van der Waals surface area contributed by atoms with Gasteiger partial charge in [0.25, 0.3) is 0 Å². The van der Waals surface area contributed by atoms with Crippen LogP contribution in [0.5, 0.6) is 0 Å². The van der Waals surface area contributed by atoms with Crippen molar-refractivity contribution in [3.63, 3.8) is 0 Å². The molecule has 1 fully saturated rings. The third-order valence-corrected chi connectivity index (χ3v) is 1.95. The Morgan fingerprint density at radius 3 is 2.82 bits per heavy atom. The third kappa shape index (κ3) is 2.76. The first-order valence-electron chi connectivity index (χ1n) is 4.08. The lowest BCUT2D eigenvalue weighted by Crippen LogP contribution is -2.36. The van der Waals surface area contributed by atoms with Gasteiger partial charge >= 0.3 is 0 Å². The number of hydrogen-bond acceptors (Lipinski definition) is 2. The molecule has 1 heterocycles. The molecule has 0 amide bonds. The second kappa shape index (κ2) is 4.19. The van der Waals surface area contributed by atoms with E-state index in [0.29, 0.717) is 0 Å². The van der Waals surface area contributed by atoms with Gasteiger partial charge in [-0.2, -0.15) is 0 Å². The monoisotopic (exact) mass is 152 g/mol. The minimum absolute atomic E-state index is 0.977. The summed E-state index contributed by atoms with van der Waals surface area (Å²) in [6, 6.07) is 0. The van der Waals surface area contributed by atoms with Crippen molar-refractivity contribution in [1.82, 2.24) is 10.2 Å². The van der Waals surface area contributed by atoms with Crippen molar-refractivity contribution in [1.29, 1.82) is 0 Å². The fraction of sp³-hybridized carbons (Fsp3) is 0.556. The lowest BCUT2D eigenvalue weighted by atomic mass is 10.2. The van der Waals surface area contributed by atoms with E-state index in [4.69, 9.17) is 0 Å². The molecule has 62 valence electrons. The van der Waals surface area contributed by atoms with Crippen LogP contribution >= 0.6 is 0 Å². The molecule has 1 aliphatic heterocycles. The molecular formula is C9H16N2. The average molecular weight is 152 g/mol. The number of nitrogens with zero attached hydrogens (tertiary/aromatic N) is 1. The first-order chi connectivity index (χ1) is 5.33. The van der Waals surface area contributed by atoms with Gasteiger partial charge in [0.1, 0.15) is 0 Å². The van der Waals surface area contributed by atoms with Crippen molar-refractivity contribution in [3.05, 3.63) is 24.4 Å². The predicted octanol–water partition coefficient (Wildman–Crippen LogP) is 0.981. The summed E-state index contributed by atoms with van der Waals surface area (Å²) in [6.07, 6.45) is 5.54. The number of likely N-dealkylation sites (tertiary alicyclic amines) is 1. The van der Waals surface area contributed by atoms with Crippen LogP contribution < -0.4 is 5.32 Å². The van der Waals surface area contributed by atoms with E-state index < -0.39 is 0 Å². The molecule has 11 heavy (non-hydrogen) atoms. The SMILES string of the molecule is C=C(/C=C/CN1CCC1)NC. The summed E-state index contributed by atoms with van der Waals surface area (Å²) < 4.78 is 0. The van der Waals surface area contributed by atoms with E-state index in [-0.39, 0.29) is 0 Å². The second-order valence-electron chi connectivity index (χ2n) is 2.83. The zero-order chi connectivity index (χ0) is 8.10. The average Bonchev–Trinajstić information content (AvgIpc) is 1.94. The molecule has 0 spiro atoms. The van der Waals surface area contributed by atoms with Crippen LogP contribution in [-0.2, 0) is 0 Å². The Bertz CT molecular complexity index is 157. The summed E-state index contributed by atoms with van der Waals surface area (Å²) in [5.41, 5.74) is 0.977. The van der Waals surface area contributed by atoms with E-state index in [0.717, 1.165) is 12.2 Å². The van der Waals surface area contributed by atoms with Gasteiger partial charge in [0, 0.05) is 19.3 Å². The van der Waals surface area contributed by atoms with E-state index >= 15 is 0 Å². The molecule has 0 bridgehead atoms. The molecule has 0 aromatic heterocycles. The number of hydrogen-bond donors (Lipinski definition) is 1. The number of nitrogens with one attached hydrogen (secondary N) is 1. The molecule has 2 heteroatoms. The van der Waals surface area contributed by atoms with E-state index in [1.54, 1.807) is 0 Å². The summed E-state index contributed by atoms with van der Waals surface area (Å²) in [7, 11) is 1.89. The van der Waals surface area contributed by atoms with Crippen molar-refractivity contribution in [2.75, 3.05) is 26.7 Å². The molecule has 1 aliphatic rings. The first-order valence-corrected chi connectivity index (χ1v) is 4.08. The Balaban J connectivity index is 2.09. The molecule has 2 nitrogen and oxygen atoms in total. The molecule has 1 N–H and O–H groups in total. The van der Waals surface area contributed by atoms with E-state index in [1.807, 2.05) is 13.1 Å². The minimum atomic E-state index is 0.977. The Kier molecular flexibility index (Phi) is 3.17. The molecule has 0 aromatic carbocycles. The van der Waals surface area contributed by atoms with Gasteiger partial charge in [-0.1, -0.05) is 12.7 Å². The highest BCUT2D eigenvalue weighted by Gasteiger charge is 2.10. The maximum atomic E-state index is 3.80. The highest BCUT2D eigenvalue weighted by Crippen LogP contribution is 2.04. The van der Waals surface area contributed by atoms with Gasteiger partial charge in [-0.15, -0.1) is 0 Å². The van der Waals surface area contributed by atoms with Crippen molar-refractivity contribution < 1.29 is 0 Å². The Morgan fingerprint density at radius 1 is 1.64 bits per heavy atom. The summed E-state index contributed by atoms with van der Waals surface area (Å²) in [4.78, 5) is 2.40. The Morgan fingerprint density at radius 2 is 2.36 bits per heavy atom. The highest BCUT2D eigenvalue weighted by molar-refractivity contribution is 5.11. The van der Waals surface area contributed by atoms with Crippen molar-refractivity contribution >= 4 is 0 Å². The van der Waals surface area contributed by atoms with Crippen LogP contribution in [0.1, 0.15) is 6.42 Å². The van der Waals surface area contributed by atoms with Gasteiger partial charge in [-0.3, -0.25) is 4.90 Å². The molecule has 0 aromatic rings. The molecule has 0 atom stereocenters. The van der Waals surface area contributed by atoms with Gasteiger partial charge in [0.05, 0.1) is 0 Å². The first kappa shape index (κ1) is 8.34. The number of likely N-dealkylation sites (N-methyl/N-ethyl adjacent to an activating group) is 1.